The third kappa shape index (κ3) is 4.04. The number of halogens is 2. The summed E-state index contributed by atoms with van der Waals surface area (Å²) in [5.74, 6) is 1.78. The highest BCUT2D eigenvalue weighted by Gasteiger charge is 2.47. The van der Waals surface area contributed by atoms with Gasteiger partial charge in [-0.25, -0.2) is 0 Å². The van der Waals surface area contributed by atoms with Crippen molar-refractivity contribution in [2.75, 3.05) is 39.8 Å². The highest BCUT2D eigenvalue weighted by atomic mass is 35.5. The van der Waals surface area contributed by atoms with Gasteiger partial charge in [0.05, 0.1) is 0 Å². The SMILES string of the molecule is CC(=O)N1CCC(N2C[C@@H]3CN(C)[C@@H](c4ccccc4)[C@@H]3C2)CC1.Cl.Cl. The molecule has 0 bridgehead atoms. The average molecular weight is 400 g/mol. The number of carbonyl (C=O) groups is 1. The molecule has 0 radical (unpaired) electrons. The van der Waals surface area contributed by atoms with Crippen molar-refractivity contribution in [2.24, 2.45) is 11.8 Å². The highest BCUT2D eigenvalue weighted by molar-refractivity contribution is 5.85. The van der Waals surface area contributed by atoms with Crippen molar-refractivity contribution >= 4 is 30.7 Å². The second-order valence-corrected chi connectivity index (χ2v) is 7.91. The molecule has 0 unspecified atom stereocenters. The van der Waals surface area contributed by atoms with E-state index in [1.54, 1.807) is 6.92 Å². The van der Waals surface area contributed by atoms with Crippen LogP contribution in [0, 0.1) is 11.8 Å². The number of fused-ring (bicyclic) bond motifs is 1. The fraction of sp³-hybridized carbons (Fsp3) is 0.650. The van der Waals surface area contributed by atoms with Crippen LogP contribution in [-0.2, 0) is 4.79 Å². The number of hydrogen-bond donors (Lipinski definition) is 0. The zero-order chi connectivity index (χ0) is 16.7. The molecule has 3 aliphatic heterocycles. The van der Waals surface area contributed by atoms with Gasteiger partial charge < -0.3 is 4.90 Å². The van der Waals surface area contributed by atoms with Gasteiger partial charge in [0, 0.05) is 51.7 Å². The monoisotopic (exact) mass is 399 g/mol. The van der Waals surface area contributed by atoms with E-state index >= 15 is 0 Å². The van der Waals surface area contributed by atoms with E-state index in [9.17, 15) is 4.79 Å². The lowest BCUT2D eigenvalue weighted by Crippen LogP contribution is -2.46. The van der Waals surface area contributed by atoms with Gasteiger partial charge in [-0.3, -0.25) is 14.6 Å². The normalized spacial score (nSPS) is 29.8. The Kier molecular flexibility index (Phi) is 7.37. The van der Waals surface area contributed by atoms with Gasteiger partial charge in [-0.2, -0.15) is 0 Å². The molecule has 3 heterocycles. The molecule has 0 spiro atoms. The molecular formula is C20H31Cl2N3O. The quantitative estimate of drug-likeness (QED) is 0.764. The van der Waals surface area contributed by atoms with E-state index in [2.05, 4.69) is 47.2 Å². The molecule has 1 amide bonds. The van der Waals surface area contributed by atoms with Gasteiger partial charge in [0.25, 0.3) is 0 Å². The molecule has 3 aliphatic rings. The van der Waals surface area contributed by atoms with E-state index in [1.807, 2.05) is 4.90 Å². The lowest BCUT2D eigenvalue weighted by molar-refractivity contribution is -0.130. The van der Waals surface area contributed by atoms with Crippen molar-refractivity contribution < 1.29 is 4.79 Å². The Morgan fingerprint density at radius 1 is 1.00 bits per heavy atom. The summed E-state index contributed by atoms with van der Waals surface area (Å²) in [6.45, 7) is 7.25. The molecule has 0 aliphatic carbocycles. The second kappa shape index (κ2) is 8.92. The first-order valence-electron chi connectivity index (χ1n) is 9.38. The molecule has 3 fully saturated rings. The number of nitrogens with zero attached hydrogens (tertiary/aromatic N) is 3. The van der Waals surface area contributed by atoms with Crippen LogP contribution in [0.2, 0.25) is 0 Å². The molecular weight excluding hydrogens is 369 g/mol. The van der Waals surface area contributed by atoms with Gasteiger partial charge in [-0.15, -0.1) is 24.8 Å². The number of piperidine rings is 1. The van der Waals surface area contributed by atoms with Crippen LogP contribution in [0.25, 0.3) is 0 Å². The minimum absolute atomic E-state index is 0. The molecule has 6 heteroatoms. The first-order chi connectivity index (χ1) is 11.6. The second-order valence-electron chi connectivity index (χ2n) is 7.91. The van der Waals surface area contributed by atoms with E-state index in [0.717, 1.165) is 37.8 Å². The number of likely N-dealkylation sites (tertiary alicyclic amines) is 3. The lowest BCUT2D eigenvalue weighted by atomic mass is 9.90. The molecule has 1 aromatic carbocycles. The molecule has 26 heavy (non-hydrogen) atoms. The summed E-state index contributed by atoms with van der Waals surface area (Å²) in [6.07, 6.45) is 2.29. The van der Waals surface area contributed by atoms with Gasteiger partial charge in [0.2, 0.25) is 5.91 Å². The molecule has 0 N–H and O–H groups in total. The van der Waals surface area contributed by atoms with E-state index < -0.39 is 0 Å². The zero-order valence-corrected chi connectivity index (χ0v) is 17.3. The smallest absolute Gasteiger partial charge is 0.219 e. The van der Waals surface area contributed by atoms with Crippen molar-refractivity contribution in [3.8, 4) is 0 Å². The molecule has 0 aromatic heterocycles. The summed E-state index contributed by atoms with van der Waals surface area (Å²) in [6, 6.07) is 12.3. The van der Waals surface area contributed by atoms with Crippen LogP contribution >= 0.6 is 24.8 Å². The Bertz CT molecular complexity index is 592. The van der Waals surface area contributed by atoms with Gasteiger partial charge in [-0.05, 0) is 37.3 Å². The Balaban J connectivity index is 0.00000121. The molecule has 146 valence electrons. The van der Waals surface area contributed by atoms with Crippen molar-refractivity contribution in [3.63, 3.8) is 0 Å². The van der Waals surface area contributed by atoms with Crippen LogP contribution in [0.15, 0.2) is 30.3 Å². The number of amides is 1. The van der Waals surface area contributed by atoms with Gasteiger partial charge in [0.1, 0.15) is 0 Å². The van der Waals surface area contributed by atoms with Crippen LogP contribution < -0.4 is 0 Å². The number of hydrogen-bond acceptors (Lipinski definition) is 3. The van der Waals surface area contributed by atoms with E-state index in [4.69, 9.17) is 0 Å². The summed E-state index contributed by atoms with van der Waals surface area (Å²) in [5, 5.41) is 0. The van der Waals surface area contributed by atoms with Gasteiger partial charge in [-0.1, -0.05) is 30.3 Å². The topological polar surface area (TPSA) is 26.8 Å². The first-order valence-corrected chi connectivity index (χ1v) is 9.38. The molecule has 4 nitrogen and oxygen atoms in total. The molecule has 4 rings (SSSR count). The van der Waals surface area contributed by atoms with Gasteiger partial charge >= 0.3 is 0 Å². The van der Waals surface area contributed by atoms with Crippen molar-refractivity contribution in [2.45, 2.75) is 31.8 Å². The van der Waals surface area contributed by atoms with Crippen LogP contribution in [0.5, 0.6) is 0 Å². The summed E-state index contributed by atoms with van der Waals surface area (Å²) in [5.41, 5.74) is 1.47. The predicted octanol–water partition coefficient (Wildman–Crippen LogP) is 3.08. The maximum absolute atomic E-state index is 11.5. The van der Waals surface area contributed by atoms with Crippen LogP contribution in [0.3, 0.4) is 0 Å². The maximum Gasteiger partial charge on any atom is 0.219 e. The first kappa shape index (κ1) is 21.5. The third-order valence-corrected chi connectivity index (χ3v) is 6.49. The summed E-state index contributed by atoms with van der Waals surface area (Å²) < 4.78 is 0. The Labute approximate surface area is 169 Å². The minimum atomic E-state index is 0. The third-order valence-electron chi connectivity index (χ3n) is 6.49. The predicted molar refractivity (Wildman–Crippen MR) is 110 cm³/mol. The fourth-order valence-electron chi connectivity index (χ4n) is 5.29. The van der Waals surface area contributed by atoms with E-state index in [-0.39, 0.29) is 30.7 Å². The van der Waals surface area contributed by atoms with Crippen molar-refractivity contribution in [1.29, 1.82) is 0 Å². The van der Waals surface area contributed by atoms with Crippen LogP contribution in [0.4, 0.5) is 0 Å². The number of carbonyl (C=O) groups excluding carboxylic acids is 1. The molecule has 3 saturated heterocycles. The van der Waals surface area contributed by atoms with Crippen molar-refractivity contribution in [3.05, 3.63) is 35.9 Å². The summed E-state index contributed by atoms with van der Waals surface area (Å²) >= 11 is 0. The number of rotatable bonds is 2. The molecule has 1 aromatic rings. The lowest BCUT2D eigenvalue weighted by Gasteiger charge is -2.37. The van der Waals surface area contributed by atoms with E-state index in [0.29, 0.717) is 12.1 Å². The number of benzene rings is 1. The summed E-state index contributed by atoms with van der Waals surface area (Å²) in [7, 11) is 2.28. The highest BCUT2D eigenvalue weighted by Crippen LogP contribution is 2.45. The average Bonchev–Trinajstić information content (AvgIpc) is 3.12. The van der Waals surface area contributed by atoms with Crippen LogP contribution in [0.1, 0.15) is 31.4 Å². The molecule has 3 atom stereocenters. The Hall–Kier alpha value is -0.810. The Morgan fingerprint density at radius 3 is 2.27 bits per heavy atom. The zero-order valence-electron chi connectivity index (χ0n) is 15.7. The molecule has 0 saturated carbocycles. The van der Waals surface area contributed by atoms with Gasteiger partial charge in [0.15, 0.2) is 0 Å². The van der Waals surface area contributed by atoms with Crippen molar-refractivity contribution in [1.82, 2.24) is 14.7 Å². The standard InChI is InChI=1S/C20H29N3O.2ClH/c1-15(24)22-10-8-18(9-11-22)23-13-17-12-21(2)20(19(17)14-23)16-6-4-3-5-7-16;;/h3-7,17-20H,8-14H2,1-2H3;2*1H/t17-,19+,20-;;/m0../s1. The Morgan fingerprint density at radius 2 is 1.65 bits per heavy atom. The summed E-state index contributed by atoms with van der Waals surface area (Å²) in [4.78, 5) is 18.8. The maximum atomic E-state index is 11.5. The largest absolute Gasteiger partial charge is 0.343 e. The van der Waals surface area contributed by atoms with E-state index in [1.165, 1.54) is 25.2 Å². The fourth-order valence-corrected chi connectivity index (χ4v) is 5.29. The van der Waals surface area contributed by atoms with Crippen LogP contribution in [-0.4, -0.2) is 66.4 Å². The minimum Gasteiger partial charge on any atom is -0.343 e.